The zero-order chi connectivity index (χ0) is 25.4. The number of aromatic nitrogens is 3. The summed E-state index contributed by atoms with van der Waals surface area (Å²) in [6.07, 6.45) is 3.37. The molecule has 186 valence electrons. The van der Waals surface area contributed by atoms with Crippen LogP contribution in [-0.4, -0.2) is 40.2 Å². The lowest BCUT2D eigenvalue weighted by molar-refractivity contribution is 0.0756. The number of hydrogen-bond acceptors (Lipinski definition) is 6. The quantitative estimate of drug-likeness (QED) is 0.381. The molecular weight excluding hydrogens is 457 g/mol. The van der Waals surface area contributed by atoms with Gasteiger partial charge in [0.15, 0.2) is 0 Å². The summed E-state index contributed by atoms with van der Waals surface area (Å²) >= 11 is 0. The number of hydrogen-bond donors (Lipinski definition) is 2. The number of halogens is 1. The second-order valence-electron chi connectivity index (χ2n) is 9.69. The van der Waals surface area contributed by atoms with Crippen molar-refractivity contribution in [3.8, 4) is 11.3 Å². The van der Waals surface area contributed by atoms with Gasteiger partial charge in [-0.3, -0.25) is 4.79 Å². The molecule has 5 rings (SSSR count). The van der Waals surface area contributed by atoms with Gasteiger partial charge in [0, 0.05) is 23.8 Å². The molecule has 8 heteroatoms. The Morgan fingerprint density at radius 3 is 2.58 bits per heavy atom. The number of morpholine rings is 1. The van der Waals surface area contributed by atoms with Crippen molar-refractivity contribution >= 4 is 28.1 Å². The number of nitrogens with one attached hydrogen (secondary N) is 2. The van der Waals surface area contributed by atoms with E-state index in [9.17, 15) is 9.18 Å². The highest BCUT2D eigenvalue weighted by atomic mass is 19.1. The fraction of sp³-hybridized carbons (Fsp3) is 0.321. The van der Waals surface area contributed by atoms with Crippen LogP contribution in [0.1, 0.15) is 39.2 Å². The Hall–Kier alpha value is -3.78. The van der Waals surface area contributed by atoms with Gasteiger partial charge in [0.2, 0.25) is 0 Å². The standard InChI is InChI=1S/C28H30FN5O2/c1-16(2)19-5-7-22(29)21(11-19)24-12-25(27-23(32-24)9-10-30-28(27)35)33-26-8-6-20(13-31-26)34-17(3)14-36-15-18(34)4/h5-13,16-18H,14-15H2,1-4H3,(H,30,35)(H,31,32,33)/t17-,18-/m0/s1. The second kappa shape index (κ2) is 9.70. The molecule has 2 N–H and O–H groups in total. The van der Waals surface area contributed by atoms with Crippen LogP contribution < -0.4 is 15.8 Å². The molecule has 4 aromatic rings. The zero-order valence-electron chi connectivity index (χ0n) is 20.9. The van der Waals surface area contributed by atoms with Crippen molar-refractivity contribution in [1.29, 1.82) is 0 Å². The summed E-state index contributed by atoms with van der Waals surface area (Å²) in [6, 6.07) is 12.9. The van der Waals surface area contributed by atoms with Crippen LogP contribution in [-0.2, 0) is 4.74 Å². The molecule has 3 aromatic heterocycles. The maximum Gasteiger partial charge on any atom is 0.259 e. The maximum atomic E-state index is 14.9. The Morgan fingerprint density at radius 2 is 1.89 bits per heavy atom. The van der Waals surface area contributed by atoms with E-state index in [0.717, 1.165) is 11.3 Å². The number of anilines is 3. The van der Waals surface area contributed by atoms with Crippen molar-refractivity contribution in [3.63, 3.8) is 0 Å². The summed E-state index contributed by atoms with van der Waals surface area (Å²) in [7, 11) is 0. The van der Waals surface area contributed by atoms with Crippen LogP contribution in [0, 0.1) is 5.82 Å². The van der Waals surface area contributed by atoms with E-state index in [1.54, 1.807) is 24.4 Å². The van der Waals surface area contributed by atoms with Crippen molar-refractivity contribution in [2.24, 2.45) is 0 Å². The molecule has 0 saturated carbocycles. The number of aromatic amines is 1. The minimum atomic E-state index is -0.363. The number of rotatable bonds is 5. The lowest BCUT2D eigenvalue weighted by atomic mass is 9.98. The first-order valence-electron chi connectivity index (χ1n) is 12.2. The molecule has 4 heterocycles. The summed E-state index contributed by atoms with van der Waals surface area (Å²) in [5.41, 5.74) is 3.57. The van der Waals surface area contributed by atoms with Gasteiger partial charge in [0.25, 0.3) is 5.56 Å². The lowest BCUT2D eigenvalue weighted by Crippen LogP contribution is -2.49. The Morgan fingerprint density at radius 1 is 1.11 bits per heavy atom. The molecule has 7 nitrogen and oxygen atoms in total. The molecule has 0 unspecified atom stereocenters. The highest BCUT2D eigenvalue weighted by Crippen LogP contribution is 2.32. The smallest absolute Gasteiger partial charge is 0.259 e. The van der Waals surface area contributed by atoms with E-state index < -0.39 is 0 Å². The zero-order valence-corrected chi connectivity index (χ0v) is 20.9. The molecule has 0 radical (unpaired) electrons. The molecule has 0 spiro atoms. The van der Waals surface area contributed by atoms with E-state index in [4.69, 9.17) is 4.74 Å². The van der Waals surface area contributed by atoms with E-state index in [-0.39, 0.29) is 29.4 Å². The molecule has 1 aliphatic rings. The molecule has 1 aliphatic heterocycles. The summed E-state index contributed by atoms with van der Waals surface area (Å²) in [6.45, 7) is 9.73. The summed E-state index contributed by atoms with van der Waals surface area (Å²) < 4.78 is 20.5. The van der Waals surface area contributed by atoms with Gasteiger partial charge in [0.05, 0.1) is 47.4 Å². The molecule has 1 saturated heterocycles. The molecule has 1 aromatic carbocycles. The number of nitrogens with zero attached hydrogens (tertiary/aromatic N) is 3. The summed E-state index contributed by atoms with van der Waals surface area (Å²) in [5, 5.41) is 3.66. The first-order valence-corrected chi connectivity index (χ1v) is 12.2. The fourth-order valence-electron chi connectivity index (χ4n) is 4.79. The van der Waals surface area contributed by atoms with Gasteiger partial charge in [-0.2, -0.15) is 0 Å². The maximum absolute atomic E-state index is 14.9. The van der Waals surface area contributed by atoms with Gasteiger partial charge in [-0.25, -0.2) is 14.4 Å². The molecule has 0 amide bonds. The highest BCUT2D eigenvalue weighted by Gasteiger charge is 2.25. The summed E-state index contributed by atoms with van der Waals surface area (Å²) in [5.74, 6) is 0.452. The minimum Gasteiger partial charge on any atom is -0.377 e. The van der Waals surface area contributed by atoms with E-state index in [2.05, 4.69) is 52.9 Å². The van der Waals surface area contributed by atoms with Crippen LogP contribution in [0.3, 0.4) is 0 Å². The van der Waals surface area contributed by atoms with E-state index in [1.165, 1.54) is 6.07 Å². The fourth-order valence-corrected chi connectivity index (χ4v) is 4.79. The van der Waals surface area contributed by atoms with Crippen molar-refractivity contribution in [1.82, 2.24) is 15.0 Å². The predicted molar refractivity (Wildman–Crippen MR) is 142 cm³/mol. The highest BCUT2D eigenvalue weighted by molar-refractivity contribution is 5.94. The van der Waals surface area contributed by atoms with Crippen molar-refractivity contribution < 1.29 is 9.13 Å². The predicted octanol–water partition coefficient (Wildman–Crippen LogP) is 5.60. The number of fused-ring (bicyclic) bond motifs is 1. The Labute approximate surface area is 209 Å². The molecule has 1 fully saturated rings. The number of pyridine rings is 3. The number of ether oxygens (including phenoxy) is 1. The second-order valence-corrected chi connectivity index (χ2v) is 9.69. The van der Waals surface area contributed by atoms with Gasteiger partial charge < -0.3 is 19.9 Å². The minimum absolute atomic E-state index is 0.241. The Bertz CT molecular complexity index is 1440. The molecular formula is C28H30FN5O2. The van der Waals surface area contributed by atoms with Crippen LogP contribution in [0.15, 0.2) is 59.7 Å². The van der Waals surface area contributed by atoms with Crippen LogP contribution in [0.25, 0.3) is 22.2 Å². The molecule has 36 heavy (non-hydrogen) atoms. The average molecular weight is 488 g/mol. The number of H-pyrrole nitrogens is 1. The molecule has 0 bridgehead atoms. The third-order valence-electron chi connectivity index (χ3n) is 6.64. The Kier molecular flexibility index (Phi) is 6.45. The average Bonchev–Trinajstić information content (AvgIpc) is 2.85. The normalized spacial score (nSPS) is 18.1. The van der Waals surface area contributed by atoms with Gasteiger partial charge >= 0.3 is 0 Å². The van der Waals surface area contributed by atoms with Crippen LogP contribution >= 0.6 is 0 Å². The van der Waals surface area contributed by atoms with Gasteiger partial charge in [0.1, 0.15) is 11.6 Å². The van der Waals surface area contributed by atoms with E-state index >= 15 is 0 Å². The van der Waals surface area contributed by atoms with Crippen LogP contribution in [0.5, 0.6) is 0 Å². The largest absolute Gasteiger partial charge is 0.377 e. The first-order chi connectivity index (χ1) is 17.3. The topological polar surface area (TPSA) is 83.1 Å². The van der Waals surface area contributed by atoms with E-state index in [0.29, 0.717) is 46.9 Å². The molecule has 0 aliphatic carbocycles. The monoisotopic (exact) mass is 487 g/mol. The SMILES string of the molecule is CC(C)c1ccc(F)c(-c2cc(Nc3ccc(N4[C@@H](C)COC[C@@H]4C)cn3)c3c(=O)[nH]ccc3n2)c1. The molecule has 2 atom stereocenters. The van der Waals surface area contributed by atoms with E-state index in [1.807, 2.05) is 24.4 Å². The first kappa shape index (κ1) is 23.9. The van der Waals surface area contributed by atoms with Gasteiger partial charge in [-0.15, -0.1) is 0 Å². The third-order valence-corrected chi connectivity index (χ3v) is 6.64. The van der Waals surface area contributed by atoms with Crippen molar-refractivity contribution in [2.45, 2.75) is 45.7 Å². The van der Waals surface area contributed by atoms with Crippen molar-refractivity contribution in [3.05, 3.63) is 76.6 Å². The number of benzene rings is 1. The van der Waals surface area contributed by atoms with Crippen LogP contribution in [0.2, 0.25) is 0 Å². The van der Waals surface area contributed by atoms with Gasteiger partial charge in [-0.1, -0.05) is 19.9 Å². The third kappa shape index (κ3) is 4.56. The van der Waals surface area contributed by atoms with Gasteiger partial charge in [-0.05, 0) is 61.7 Å². The van der Waals surface area contributed by atoms with Crippen molar-refractivity contribution in [2.75, 3.05) is 23.4 Å². The lowest BCUT2D eigenvalue weighted by Gasteiger charge is -2.40. The summed E-state index contributed by atoms with van der Waals surface area (Å²) in [4.78, 5) is 27.0. The Balaban J connectivity index is 1.55. The van der Waals surface area contributed by atoms with Crippen LogP contribution in [0.4, 0.5) is 21.6 Å².